The predicted octanol–water partition coefficient (Wildman–Crippen LogP) is 2.12. The summed E-state index contributed by atoms with van der Waals surface area (Å²) in [6.45, 7) is 2.65. The average molecular weight is 529 g/mol. The van der Waals surface area contributed by atoms with Crippen LogP contribution in [0.25, 0.3) is 0 Å². The van der Waals surface area contributed by atoms with Gasteiger partial charge in [-0.2, -0.15) is 0 Å². The Hall–Kier alpha value is -1.72. The molecule has 0 saturated carbocycles. The van der Waals surface area contributed by atoms with Crippen LogP contribution in [0.3, 0.4) is 0 Å². The van der Waals surface area contributed by atoms with Gasteiger partial charge in [0.05, 0.1) is 0 Å². The van der Waals surface area contributed by atoms with Crippen LogP contribution in [0, 0.1) is 5.92 Å². The fourth-order valence-corrected chi connectivity index (χ4v) is 4.42. The lowest BCUT2D eigenvalue weighted by Crippen LogP contribution is -2.43. The second-order valence-electron chi connectivity index (χ2n) is 6.85. The van der Waals surface area contributed by atoms with Gasteiger partial charge in [0.25, 0.3) is 0 Å². The molecule has 1 aromatic carbocycles. The summed E-state index contributed by atoms with van der Waals surface area (Å²) in [6, 6.07) is 13.7. The number of guanidine groups is 1. The van der Waals surface area contributed by atoms with Crippen LogP contribution in [-0.2, 0) is 16.4 Å². The maximum atomic E-state index is 12.2. The molecule has 1 aliphatic rings. The fraction of sp³-hybridized carbons (Fsp3) is 0.400. The molecule has 29 heavy (non-hydrogen) atoms. The highest BCUT2D eigenvalue weighted by atomic mass is 127. The van der Waals surface area contributed by atoms with Gasteiger partial charge in [-0.1, -0.05) is 30.3 Å². The van der Waals surface area contributed by atoms with Crippen molar-refractivity contribution in [2.75, 3.05) is 33.2 Å². The minimum absolute atomic E-state index is 0. The number of nitrogens with zero attached hydrogens (tertiary/aromatic N) is 3. The Morgan fingerprint density at radius 3 is 2.69 bits per heavy atom. The highest BCUT2D eigenvalue weighted by molar-refractivity contribution is 14.0. The molecule has 1 fully saturated rings. The van der Waals surface area contributed by atoms with Crippen molar-refractivity contribution < 1.29 is 8.42 Å². The topological polar surface area (TPSA) is 86.7 Å². The van der Waals surface area contributed by atoms with Crippen molar-refractivity contribution in [2.45, 2.75) is 17.7 Å². The van der Waals surface area contributed by atoms with E-state index in [0.29, 0.717) is 12.5 Å². The van der Waals surface area contributed by atoms with Crippen LogP contribution < -0.4 is 10.0 Å². The van der Waals surface area contributed by atoms with Crippen molar-refractivity contribution in [3.05, 3.63) is 60.4 Å². The first-order valence-corrected chi connectivity index (χ1v) is 11.0. The van der Waals surface area contributed by atoms with Crippen LogP contribution in [0.1, 0.15) is 12.0 Å². The SMILES string of the molecule is CN=C(NCCNS(=O)(=O)c1cccnc1)N1CCC(Cc2ccccc2)C1.I. The molecule has 0 amide bonds. The summed E-state index contributed by atoms with van der Waals surface area (Å²) < 4.78 is 27.0. The zero-order valence-corrected chi connectivity index (χ0v) is 19.6. The van der Waals surface area contributed by atoms with Gasteiger partial charge in [-0.3, -0.25) is 9.98 Å². The van der Waals surface area contributed by atoms with E-state index in [9.17, 15) is 8.42 Å². The first-order valence-electron chi connectivity index (χ1n) is 9.47. The van der Waals surface area contributed by atoms with Crippen LogP contribution in [0.15, 0.2) is 64.7 Å². The van der Waals surface area contributed by atoms with Crippen molar-refractivity contribution in [1.29, 1.82) is 0 Å². The van der Waals surface area contributed by atoms with E-state index in [1.807, 2.05) is 6.07 Å². The molecule has 3 rings (SSSR count). The van der Waals surface area contributed by atoms with Crippen LogP contribution in [0.5, 0.6) is 0 Å². The smallest absolute Gasteiger partial charge is 0.242 e. The van der Waals surface area contributed by atoms with Crippen molar-refractivity contribution in [1.82, 2.24) is 19.9 Å². The number of aromatic nitrogens is 1. The number of halogens is 1. The van der Waals surface area contributed by atoms with E-state index in [1.54, 1.807) is 19.3 Å². The first kappa shape index (κ1) is 23.6. The van der Waals surface area contributed by atoms with Gasteiger partial charge < -0.3 is 10.2 Å². The van der Waals surface area contributed by atoms with Crippen molar-refractivity contribution >= 4 is 40.0 Å². The molecule has 0 bridgehead atoms. The molecular weight excluding hydrogens is 501 g/mol. The van der Waals surface area contributed by atoms with Gasteiger partial charge >= 0.3 is 0 Å². The van der Waals surface area contributed by atoms with Gasteiger partial charge in [0.15, 0.2) is 5.96 Å². The van der Waals surface area contributed by atoms with E-state index in [4.69, 9.17) is 0 Å². The normalized spacial score (nSPS) is 17.1. The maximum absolute atomic E-state index is 12.2. The van der Waals surface area contributed by atoms with E-state index in [0.717, 1.165) is 31.9 Å². The number of rotatable bonds is 7. The molecular formula is C20H28IN5O2S. The lowest BCUT2D eigenvalue weighted by molar-refractivity contribution is 0.460. The maximum Gasteiger partial charge on any atom is 0.242 e. The van der Waals surface area contributed by atoms with E-state index < -0.39 is 10.0 Å². The Bertz CT molecular complexity index is 878. The van der Waals surface area contributed by atoms with Crippen molar-refractivity contribution in [3.63, 3.8) is 0 Å². The molecule has 0 radical (unpaired) electrons. The highest BCUT2D eigenvalue weighted by Gasteiger charge is 2.25. The zero-order chi connectivity index (χ0) is 19.8. The fourth-order valence-electron chi connectivity index (χ4n) is 3.42. The number of hydrogen-bond donors (Lipinski definition) is 2. The molecule has 1 unspecified atom stereocenters. The van der Waals surface area contributed by atoms with Crippen LogP contribution in [0.2, 0.25) is 0 Å². The van der Waals surface area contributed by atoms with Crippen LogP contribution >= 0.6 is 24.0 Å². The van der Waals surface area contributed by atoms with Crippen LogP contribution in [0.4, 0.5) is 0 Å². The number of aliphatic imine (C=N–C) groups is 1. The second kappa shape index (κ2) is 11.5. The Morgan fingerprint density at radius 1 is 1.21 bits per heavy atom. The molecule has 1 aromatic heterocycles. The van der Waals surface area contributed by atoms with Crippen molar-refractivity contribution in [3.8, 4) is 0 Å². The van der Waals surface area contributed by atoms with Crippen molar-refractivity contribution in [2.24, 2.45) is 10.9 Å². The third-order valence-corrected chi connectivity index (χ3v) is 6.26. The van der Waals surface area contributed by atoms with Gasteiger partial charge in [0.1, 0.15) is 4.90 Å². The van der Waals surface area contributed by atoms with Crippen LogP contribution in [-0.4, -0.2) is 57.5 Å². The number of hydrogen-bond acceptors (Lipinski definition) is 4. The number of sulfonamides is 1. The third kappa shape index (κ3) is 6.93. The Balaban J connectivity index is 0.00000300. The molecule has 158 valence electrons. The van der Waals surface area contributed by atoms with Gasteiger partial charge in [0, 0.05) is 45.6 Å². The molecule has 7 nitrogen and oxygen atoms in total. The Morgan fingerprint density at radius 2 is 2.00 bits per heavy atom. The minimum Gasteiger partial charge on any atom is -0.355 e. The molecule has 1 aliphatic heterocycles. The molecule has 9 heteroatoms. The molecule has 1 atom stereocenters. The summed E-state index contributed by atoms with van der Waals surface area (Å²) in [5, 5.41) is 3.25. The zero-order valence-electron chi connectivity index (χ0n) is 16.5. The molecule has 2 aromatic rings. The first-order chi connectivity index (χ1) is 13.6. The average Bonchev–Trinajstić information content (AvgIpc) is 3.17. The van der Waals surface area contributed by atoms with Gasteiger partial charge in [-0.05, 0) is 36.5 Å². The molecule has 0 aliphatic carbocycles. The Labute approximate surface area is 190 Å². The summed E-state index contributed by atoms with van der Waals surface area (Å²) in [5.41, 5.74) is 1.36. The lowest BCUT2D eigenvalue weighted by atomic mass is 9.99. The number of benzene rings is 1. The second-order valence-corrected chi connectivity index (χ2v) is 8.62. The van der Waals surface area contributed by atoms with Gasteiger partial charge in [0.2, 0.25) is 10.0 Å². The minimum atomic E-state index is -3.53. The van der Waals surface area contributed by atoms with E-state index >= 15 is 0 Å². The predicted molar refractivity (Wildman–Crippen MR) is 126 cm³/mol. The molecule has 2 N–H and O–H groups in total. The summed E-state index contributed by atoms with van der Waals surface area (Å²) in [4.78, 5) is 10.6. The highest BCUT2D eigenvalue weighted by Crippen LogP contribution is 2.20. The standard InChI is InChI=1S/C20H27N5O2S.HI/c1-21-20(23-11-12-24-28(26,27)19-8-5-10-22-15-19)25-13-9-18(16-25)14-17-6-3-2-4-7-17;/h2-8,10,15,18,24H,9,11-14,16H2,1H3,(H,21,23);1H. The summed E-state index contributed by atoms with van der Waals surface area (Å²) in [6.07, 6.45) is 5.08. The number of likely N-dealkylation sites (tertiary alicyclic amines) is 1. The quantitative estimate of drug-likeness (QED) is 0.249. The summed E-state index contributed by atoms with van der Waals surface area (Å²) >= 11 is 0. The molecule has 0 spiro atoms. The van der Waals surface area contributed by atoms with E-state index in [-0.39, 0.29) is 35.4 Å². The monoisotopic (exact) mass is 529 g/mol. The number of pyridine rings is 1. The summed E-state index contributed by atoms with van der Waals surface area (Å²) in [5.74, 6) is 1.42. The van der Waals surface area contributed by atoms with Gasteiger partial charge in [-0.25, -0.2) is 13.1 Å². The molecule has 1 saturated heterocycles. The third-order valence-electron chi connectivity index (χ3n) is 4.81. The van der Waals surface area contributed by atoms with E-state index in [2.05, 4.69) is 49.2 Å². The lowest BCUT2D eigenvalue weighted by Gasteiger charge is -2.22. The Kier molecular flexibility index (Phi) is 9.31. The summed E-state index contributed by atoms with van der Waals surface area (Å²) in [7, 11) is -1.78. The molecule has 2 heterocycles. The van der Waals surface area contributed by atoms with E-state index in [1.165, 1.54) is 17.8 Å². The largest absolute Gasteiger partial charge is 0.355 e. The van der Waals surface area contributed by atoms with Gasteiger partial charge in [-0.15, -0.1) is 24.0 Å². The number of nitrogens with one attached hydrogen (secondary N) is 2.